The molecule has 1 saturated heterocycles. The molecule has 43 heavy (non-hydrogen) atoms. The number of nitrogens with zero attached hydrogens (tertiary/aromatic N) is 1. The maximum Gasteiger partial charge on any atom is 0.407 e. The molecule has 2 N–H and O–H groups in total. The van der Waals surface area contributed by atoms with Crippen molar-refractivity contribution in [3.05, 3.63) is 137 Å². The normalized spacial score (nSPS) is 18.1. The van der Waals surface area contributed by atoms with Crippen molar-refractivity contribution in [2.24, 2.45) is 0 Å². The molecule has 0 aliphatic carbocycles. The van der Waals surface area contributed by atoms with Crippen molar-refractivity contribution in [3.63, 3.8) is 0 Å². The average Bonchev–Trinajstić information content (AvgIpc) is 3.06. The van der Waals surface area contributed by atoms with Gasteiger partial charge in [-0.05, 0) is 46.0 Å². The molecular formula is C34H34N2O6S. The van der Waals surface area contributed by atoms with E-state index in [1.807, 2.05) is 72.8 Å². The van der Waals surface area contributed by atoms with Gasteiger partial charge in [0.2, 0.25) is 0 Å². The monoisotopic (exact) mass is 598 g/mol. The highest BCUT2D eigenvalue weighted by molar-refractivity contribution is 7.99. The van der Waals surface area contributed by atoms with Gasteiger partial charge in [-0.2, -0.15) is 4.73 Å². The van der Waals surface area contributed by atoms with E-state index in [-0.39, 0.29) is 25.4 Å². The second kappa shape index (κ2) is 14.8. The van der Waals surface area contributed by atoms with Crippen LogP contribution in [0, 0.1) is 5.21 Å². The average molecular weight is 599 g/mol. The summed E-state index contributed by atoms with van der Waals surface area (Å²) in [6.45, 7) is 4.01. The molecule has 0 radical (unpaired) electrons. The summed E-state index contributed by atoms with van der Waals surface area (Å²) in [5, 5.41) is 25.1. The lowest BCUT2D eigenvalue weighted by atomic mass is 9.99. The Bertz CT molecular complexity index is 1530. The standard InChI is InChI=1S/C34H34N2O6S/c1-2-17-40-34(38)35-21-25-7-5-8-27(18-25)28-9-6-10-29(19-28)33-41-30(23-43-32-11-3-4-16-36(32)39)20-31(42-33)26-14-12-24(22-37)13-15-26/h2-16,18-19,30-31,33,37H,1,17,20-23H2,(H,35,38). The highest BCUT2D eigenvalue weighted by Crippen LogP contribution is 2.40. The number of thioether (sulfide) groups is 1. The van der Waals surface area contributed by atoms with Crippen molar-refractivity contribution >= 4 is 17.9 Å². The fourth-order valence-electron chi connectivity index (χ4n) is 4.81. The van der Waals surface area contributed by atoms with Gasteiger partial charge in [0.05, 0.1) is 18.8 Å². The highest BCUT2D eigenvalue weighted by atomic mass is 32.2. The Morgan fingerprint density at radius 1 is 1.00 bits per heavy atom. The van der Waals surface area contributed by atoms with E-state index in [4.69, 9.17) is 14.2 Å². The third kappa shape index (κ3) is 8.24. The molecule has 0 bridgehead atoms. The molecule has 3 unspecified atom stereocenters. The van der Waals surface area contributed by atoms with Crippen molar-refractivity contribution in [1.82, 2.24) is 5.32 Å². The molecule has 9 heteroatoms. The number of hydrogen-bond acceptors (Lipinski definition) is 7. The topological polar surface area (TPSA) is 104 Å². The number of pyridine rings is 1. The van der Waals surface area contributed by atoms with Crippen LogP contribution >= 0.6 is 11.8 Å². The third-order valence-electron chi connectivity index (χ3n) is 7.01. The van der Waals surface area contributed by atoms with Crippen LogP contribution in [-0.4, -0.2) is 29.7 Å². The molecule has 222 valence electrons. The Labute approximate surface area is 255 Å². The van der Waals surface area contributed by atoms with Gasteiger partial charge in [-0.25, -0.2) is 4.79 Å². The van der Waals surface area contributed by atoms with Crippen LogP contribution < -0.4 is 10.0 Å². The van der Waals surface area contributed by atoms with Gasteiger partial charge in [0.1, 0.15) is 6.61 Å². The maximum absolute atomic E-state index is 12.2. The quantitative estimate of drug-likeness (QED) is 0.0913. The summed E-state index contributed by atoms with van der Waals surface area (Å²) in [5.74, 6) is 0.585. The van der Waals surface area contributed by atoms with Crippen LogP contribution in [-0.2, 0) is 27.4 Å². The number of benzene rings is 3. The SMILES string of the molecule is C=CCOC(=O)NCc1cccc(-c2cccc(C3OC(CSc4cccc[n+]4[O-])CC(c4ccc(CO)cc4)O3)c2)c1. The first-order valence-electron chi connectivity index (χ1n) is 14.0. The predicted octanol–water partition coefficient (Wildman–Crippen LogP) is 6.23. The molecule has 8 nitrogen and oxygen atoms in total. The van der Waals surface area contributed by atoms with Gasteiger partial charge in [-0.3, -0.25) is 0 Å². The van der Waals surface area contributed by atoms with Crippen LogP contribution in [0.15, 0.2) is 115 Å². The molecule has 1 fully saturated rings. The molecule has 0 spiro atoms. The van der Waals surface area contributed by atoms with Crippen LogP contribution in [0.4, 0.5) is 4.79 Å². The molecular weight excluding hydrogens is 564 g/mol. The molecule has 1 aliphatic heterocycles. The maximum atomic E-state index is 12.2. The van der Waals surface area contributed by atoms with Gasteiger partial charge in [-0.15, -0.1) is 0 Å². The summed E-state index contributed by atoms with van der Waals surface area (Å²) in [6, 6.07) is 29.1. The van der Waals surface area contributed by atoms with E-state index >= 15 is 0 Å². The zero-order chi connectivity index (χ0) is 30.0. The van der Waals surface area contributed by atoms with Gasteiger partial charge in [-0.1, -0.05) is 85.1 Å². The molecule has 0 saturated carbocycles. The second-order valence-electron chi connectivity index (χ2n) is 10.1. The van der Waals surface area contributed by atoms with E-state index in [9.17, 15) is 15.1 Å². The van der Waals surface area contributed by atoms with Gasteiger partial charge >= 0.3 is 6.09 Å². The van der Waals surface area contributed by atoms with E-state index < -0.39 is 12.4 Å². The summed E-state index contributed by atoms with van der Waals surface area (Å²) in [4.78, 5) is 11.8. The number of ether oxygens (including phenoxy) is 3. The van der Waals surface area contributed by atoms with E-state index in [0.29, 0.717) is 23.7 Å². The van der Waals surface area contributed by atoms with E-state index in [0.717, 1.165) is 38.1 Å². The number of rotatable bonds is 11. The lowest BCUT2D eigenvalue weighted by Gasteiger charge is -2.36. The minimum atomic E-state index is -0.624. The van der Waals surface area contributed by atoms with Crippen LogP contribution in [0.5, 0.6) is 0 Å². The van der Waals surface area contributed by atoms with Crippen LogP contribution in [0.3, 0.4) is 0 Å². The number of aliphatic hydroxyl groups is 1. The van der Waals surface area contributed by atoms with Crippen molar-refractivity contribution in [2.45, 2.75) is 43.1 Å². The third-order valence-corrected chi connectivity index (χ3v) is 8.16. The van der Waals surface area contributed by atoms with Crippen LogP contribution in [0.2, 0.25) is 0 Å². The Kier molecular flexibility index (Phi) is 10.5. The minimum absolute atomic E-state index is 0.0213. The Morgan fingerprint density at radius 3 is 2.56 bits per heavy atom. The fourth-order valence-corrected chi connectivity index (χ4v) is 5.75. The summed E-state index contributed by atoms with van der Waals surface area (Å²) in [7, 11) is 0. The number of aliphatic hydroxyl groups excluding tert-OH is 1. The predicted molar refractivity (Wildman–Crippen MR) is 165 cm³/mol. The highest BCUT2D eigenvalue weighted by Gasteiger charge is 2.33. The lowest BCUT2D eigenvalue weighted by molar-refractivity contribution is -0.645. The van der Waals surface area contributed by atoms with Crippen molar-refractivity contribution in [1.29, 1.82) is 0 Å². The smallest absolute Gasteiger partial charge is 0.407 e. The van der Waals surface area contributed by atoms with Crippen molar-refractivity contribution in [2.75, 3.05) is 12.4 Å². The summed E-state index contributed by atoms with van der Waals surface area (Å²) in [5.41, 5.74) is 5.62. The zero-order valence-electron chi connectivity index (χ0n) is 23.6. The lowest BCUT2D eigenvalue weighted by Crippen LogP contribution is -2.32. The molecule has 1 amide bonds. The number of alkyl carbamates (subject to hydrolysis) is 1. The van der Waals surface area contributed by atoms with Gasteiger partial charge in [0, 0.05) is 36.4 Å². The number of hydrogen-bond donors (Lipinski definition) is 2. The Morgan fingerprint density at radius 2 is 1.79 bits per heavy atom. The number of nitrogens with one attached hydrogen (secondary N) is 1. The molecule has 1 aromatic heterocycles. The number of aromatic nitrogens is 1. The van der Waals surface area contributed by atoms with E-state index in [1.54, 1.807) is 12.1 Å². The molecule has 2 heterocycles. The first-order chi connectivity index (χ1) is 21.0. The van der Waals surface area contributed by atoms with Crippen molar-refractivity contribution < 1.29 is 28.8 Å². The van der Waals surface area contributed by atoms with Crippen molar-refractivity contribution in [3.8, 4) is 11.1 Å². The zero-order valence-corrected chi connectivity index (χ0v) is 24.5. The second-order valence-corrected chi connectivity index (χ2v) is 11.1. The number of amides is 1. The van der Waals surface area contributed by atoms with Gasteiger partial charge < -0.3 is 29.8 Å². The van der Waals surface area contributed by atoms with Gasteiger partial charge in [0.15, 0.2) is 12.5 Å². The van der Waals surface area contributed by atoms with E-state index in [1.165, 1.54) is 24.0 Å². The number of carbonyl (C=O) groups is 1. The molecule has 4 aromatic rings. The Hall–Kier alpha value is -4.15. The van der Waals surface area contributed by atoms with Crippen LogP contribution in [0.25, 0.3) is 11.1 Å². The number of carbonyl (C=O) groups excluding carboxylic acids is 1. The summed E-state index contributed by atoms with van der Waals surface area (Å²) >= 11 is 1.46. The molecule has 1 aliphatic rings. The first kappa shape index (κ1) is 30.3. The molecule has 5 rings (SSSR count). The molecule has 3 aromatic carbocycles. The van der Waals surface area contributed by atoms with Crippen LogP contribution in [0.1, 0.15) is 41.1 Å². The fraction of sp³-hybridized carbons (Fsp3) is 0.235. The van der Waals surface area contributed by atoms with E-state index in [2.05, 4.69) is 18.0 Å². The van der Waals surface area contributed by atoms with Gasteiger partial charge in [0.25, 0.3) is 5.03 Å². The summed E-state index contributed by atoms with van der Waals surface area (Å²) in [6.07, 6.45) is 2.11. The largest absolute Gasteiger partial charge is 0.618 e. The Balaban J connectivity index is 1.35. The first-order valence-corrected chi connectivity index (χ1v) is 15.0. The minimum Gasteiger partial charge on any atom is -0.618 e. The summed E-state index contributed by atoms with van der Waals surface area (Å²) < 4.78 is 18.9. The molecule has 3 atom stereocenters.